The topological polar surface area (TPSA) is 50.2 Å². The Morgan fingerprint density at radius 2 is 1.76 bits per heavy atom. The first-order valence-electron chi connectivity index (χ1n) is 5.92. The van der Waals surface area contributed by atoms with E-state index >= 15 is 0 Å². The van der Waals surface area contributed by atoms with E-state index in [9.17, 15) is 18.0 Å². The van der Waals surface area contributed by atoms with Gasteiger partial charge in [-0.15, -0.1) is 0 Å². The Balaban J connectivity index is 2.49. The zero-order valence-electron chi connectivity index (χ0n) is 10.6. The lowest BCUT2D eigenvalue weighted by atomic mass is 10.0. The normalized spacial score (nSPS) is 11.8. The van der Waals surface area contributed by atoms with Gasteiger partial charge in [0.05, 0.1) is 16.8 Å². The van der Waals surface area contributed by atoms with Crippen LogP contribution in [0.2, 0.25) is 0 Å². The van der Waals surface area contributed by atoms with Crippen LogP contribution in [-0.4, -0.2) is 16.1 Å². The molecular weight excluding hydrogens is 283 g/mol. The highest BCUT2D eigenvalue weighted by Crippen LogP contribution is 2.33. The smallest absolute Gasteiger partial charge is 0.417 e. The maximum absolute atomic E-state index is 12.8. The zero-order chi connectivity index (χ0) is 15.5. The predicted octanol–water partition coefficient (Wildman–Crippen LogP) is 3.97. The maximum atomic E-state index is 12.8. The van der Waals surface area contributed by atoms with Crippen LogP contribution < -0.4 is 0 Å². The minimum absolute atomic E-state index is 0.235. The van der Waals surface area contributed by atoms with Gasteiger partial charge in [0.2, 0.25) is 0 Å². The Morgan fingerprint density at radius 3 is 2.33 bits per heavy atom. The van der Waals surface area contributed by atoms with Crippen LogP contribution in [0.25, 0.3) is 12.2 Å². The molecular formula is C15H10F3NO2. The van der Waals surface area contributed by atoms with Gasteiger partial charge in [0, 0.05) is 6.20 Å². The summed E-state index contributed by atoms with van der Waals surface area (Å²) in [6, 6.07) is 9.45. The van der Waals surface area contributed by atoms with Crippen molar-refractivity contribution >= 4 is 18.1 Å². The molecule has 1 heterocycles. The van der Waals surface area contributed by atoms with Gasteiger partial charge in [0.15, 0.2) is 0 Å². The molecule has 21 heavy (non-hydrogen) atoms. The van der Waals surface area contributed by atoms with Crippen LogP contribution >= 0.6 is 0 Å². The number of alkyl halides is 3. The van der Waals surface area contributed by atoms with Gasteiger partial charge in [-0.05, 0) is 17.7 Å². The van der Waals surface area contributed by atoms with E-state index in [1.807, 2.05) is 0 Å². The zero-order valence-corrected chi connectivity index (χ0v) is 10.6. The van der Waals surface area contributed by atoms with E-state index in [2.05, 4.69) is 4.98 Å². The summed E-state index contributed by atoms with van der Waals surface area (Å²) < 4.78 is 38.5. The molecule has 0 bridgehead atoms. The molecule has 1 N–H and O–H groups in total. The van der Waals surface area contributed by atoms with E-state index in [0.717, 1.165) is 11.8 Å². The van der Waals surface area contributed by atoms with Crippen LogP contribution in [0, 0.1) is 0 Å². The quantitative estimate of drug-likeness (QED) is 0.931. The maximum Gasteiger partial charge on any atom is 0.417 e. The van der Waals surface area contributed by atoms with Crippen molar-refractivity contribution < 1.29 is 23.1 Å². The summed E-state index contributed by atoms with van der Waals surface area (Å²) in [6.45, 7) is 0. The van der Waals surface area contributed by atoms with Crippen LogP contribution in [0.15, 0.2) is 42.6 Å². The highest BCUT2D eigenvalue weighted by molar-refractivity contribution is 5.94. The van der Waals surface area contributed by atoms with Crippen molar-refractivity contribution in [2.24, 2.45) is 0 Å². The molecule has 0 aliphatic carbocycles. The van der Waals surface area contributed by atoms with Gasteiger partial charge >= 0.3 is 12.1 Å². The van der Waals surface area contributed by atoms with E-state index < -0.39 is 23.3 Å². The molecule has 0 unspecified atom stereocenters. The predicted molar refractivity (Wildman–Crippen MR) is 71.6 cm³/mol. The molecule has 0 amide bonds. The number of hydrogen-bond donors (Lipinski definition) is 1. The molecule has 0 aliphatic heterocycles. The van der Waals surface area contributed by atoms with Gasteiger partial charge in [0.1, 0.15) is 0 Å². The van der Waals surface area contributed by atoms with Gasteiger partial charge in [-0.3, -0.25) is 4.98 Å². The van der Waals surface area contributed by atoms with Crippen LogP contribution in [0.3, 0.4) is 0 Å². The Labute approximate surface area is 118 Å². The van der Waals surface area contributed by atoms with E-state index in [4.69, 9.17) is 5.11 Å². The summed E-state index contributed by atoms with van der Waals surface area (Å²) in [6.07, 6.45) is -1.03. The minimum atomic E-state index is -4.74. The Morgan fingerprint density at radius 1 is 1.10 bits per heavy atom. The third-order valence-corrected chi connectivity index (χ3v) is 2.73. The van der Waals surface area contributed by atoms with Crippen molar-refractivity contribution in [3.05, 3.63) is 65.0 Å². The van der Waals surface area contributed by atoms with Crippen molar-refractivity contribution in [2.75, 3.05) is 0 Å². The van der Waals surface area contributed by atoms with Crippen molar-refractivity contribution in [1.82, 2.24) is 4.98 Å². The molecule has 0 fully saturated rings. The Hall–Kier alpha value is -2.63. The van der Waals surface area contributed by atoms with Crippen LogP contribution in [-0.2, 0) is 6.18 Å². The molecule has 0 spiro atoms. The van der Waals surface area contributed by atoms with Crippen LogP contribution in [0.1, 0.15) is 27.2 Å². The van der Waals surface area contributed by atoms with Crippen molar-refractivity contribution in [3.63, 3.8) is 0 Å². The number of benzene rings is 1. The first-order valence-corrected chi connectivity index (χ1v) is 5.92. The van der Waals surface area contributed by atoms with Gasteiger partial charge in [-0.25, -0.2) is 4.79 Å². The molecule has 108 valence electrons. The molecule has 2 rings (SSSR count). The highest BCUT2D eigenvalue weighted by Gasteiger charge is 2.36. The SMILES string of the molecule is O=C(O)c1c(C(F)(F)F)ccnc1C=Cc1ccccc1. The summed E-state index contributed by atoms with van der Waals surface area (Å²) in [4.78, 5) is 14.8. The molecule has 2 aromatic rings. The number of aromatic nitrogens is 1. The van der Waals surface area contributed by atoms with Gasteiger partial charge in [-0.1, -0.05) is 36.4 Å². The molecule has 1 aromatic carbocycles. The molecule has 0 saturated carbocycles. The van der Waals surface area contributed by atoms with E-state index in [-0.39, 0.29) is 5.69 Å². The molecule has 0 aliphatic rings. The monoisotopic (exact) mass is 293 g/mol. The summed E-state index contributed by atoms with van der Waals surface area (Å²) >= 11 is 0. The molecule has 0 radical (unpaired) electrons. The first-order chi connectivity index (χ1) is 9.89. The lowest BCUT2D eigenvalue weighted by Crippen LogP contribution is -2.15. The minimum Gasteiger partial charge on any atom is -0.478 e. The third-order valence-electron chi connectivity index (χ3n) is 2.73. The molecule has 1 aromatic heterocycles. The molecule has 3 nitrogen and oxygen atoms in total. The van der Waals surface area contributed by atoms with Gasteiger partial charge < -0.3 is 5.11 Å². The molecule has 6 heteroatoms. The van der Waals surface area contributed by atoms with Crippen LogP contribution in [0.4, 0.5) is 13.2 Å². The fourth-order valence-electron chi connectivity index (χ4n) is 1.80. The van der Waals surface area contributed by atoms with Crippen molar-refractivity contribution in [1.29, 1.82) is 0 Å². The summed E-state index contributed by atoms with van der Waals surface area (Å²) in [5.41, 5.74) is -1.57. The molecule has 0 saturated heterocycles. The molecule has 0 atom stereocenters. The van der Waals surface area contributed by atoms with Crippen molar-refractivity contribution in [3.8, 4) is 0 Å². The van der Waals surface area contributed by atoms with Gasteiger partial charge in [0.25, 0.3) is 0 Å². The summed E-state index contributed by atoms with van der Waals surface area (Å²) in [5, 5.41) is 9.03. The number of carboxylic acids is 1. The van der Waals surface area contributed by atoms with Crippen molar-refractivity contribution in [2.45, 2.75) is 6.18 Å². The summed E-state index contributed by atoms with van der Waals surface area (Å²) in [7, 11) is 0. The second kappa shape index (κ2) is 5.78. The Kier molecular flexibility index (Phi) is 4.07. The third kappa shape index (κ3) is 3.47. The van der Waals surface area contributed by atoms with E-state index in [1.165, 1.54) is 12.2 Å². The number of pyridine rings is 1. The largest absolute Gasteiger partial charge is 0.478 e. The highest BCUT2D eigenvalue weighted by atomic mass is 19.4. The fraction of sp³-hybridized carbons (Fsp3) is 0.0667. The number of hydrogen-bond acceptors (Lipinski definition) is 2. The second-order valence-corrected chi connectivity index (χ2v) is 4.17. The second-order valence-electron chi connectivity index (χ2n) is 4.17. The fourth-order valence-corrected chi connectivity index (χ4v) is 1.80. The lowest BCUT2D eigenvalue weighted by molar-refractivity contribution is -0.138. The average molecular weight is 293 g/mol. The standard InChI is InChI=1S/C15H10F3NO2/c16-15(17,18)11-8-9-19-12(13(11)14(20)21)7-6-10-4-2-1-3-5-10/h1-9H,(H,20,21). The number of nitrogens with zero attached hydrogens (tertiary/aromatic N) is 1. The lowest BCUT2D eigenvalue weighted by Gasteiger charge is -2.11. The first kappa shape index (κ1) is 14.8. The number of carboxylic acid groups (broad SMARTS) is 1. The Bertz CT molecular complexity index is 679. The van der Waals surface area contributed by atoms with Crippen LogP contribution in [0.5, 0.6) is 0 Å². The number of aromatic carboxylic acids is 1. The number of halogens is 3. The van der Waals surface area contributed by atoms with E-state index in [1.54, 1.807) is 30.3 Å². The summed E-state index contributed by atoms with van der Waals surface area (Å²) in [5.74, 6) is -1.66. The number of rotatable bonds is 3. The number of carbonyl (C=O) groups is 1. The average Bonchev–Trinajstić information content (AvgIpc) is 2.44. The van der Waals surface area contributed by atoms with E-state index in [0.29, 0.717) is 6.07 Å². The van der Waals surface area contributed by atoms with Gasteiger partial charge in [-0.2, -0.15) is 13.2 Å².